The van der Waals surface area contributed by atoms with Gasteiger partial charge in [0.25, 0.3) is 0 Å². The molecule has 0 aliphatic rings. The molecular formula is C20H24N6O4. The van der Waals surface area contributed by atoms with Crippen LogP contribution in [0.5, 0.6) is 0 Å². The van der Waals surface area contributed by atoms with Crippen LogP contribution in [0.1, 0.15) is 18.2 Å². The second kappa shape index (κ2) is 9.23. The highest BCUT2D eigenvalue weighted by molar-refractivity contribution is 5.92. The van der Waals surface area contributed by atoms with Gasteiger partial charge in [0.1, 0.15) is 12.1 Å². The molecule has 0 aliphatic carbocycles. The maximum atomic E-state index is 12.5. The lowest BCUT2D eigenvalue weighted by Gasteiger charge is -2.20. The number of amides is 2. The Morgan fingerprint density at radius 1 is 1.13 bits per heavy atom. The van der Waals surface area contributed by atoms with Gasteiger partial charge in [0.05, 0.1) is 12.4 Å². The van der Waals surface area contributed by atoms with E-state index in [0.29, 0.717) is 5.69 Å². The van der Waals surface area contributed by atoms with Crippen molar-refractivity contribution in [2.45, 2.75) is 37.9 Å². The number of hydrogen-bond donors (Lipinski definition) is 6. The minimum Gasteiger partial charge on any atom is -0.480 e. The molecule has 0 radical (unpaired) electrons. The maximum absolute atomic E-state index is 12.5. The first-order chi connectivity index (χ1) is 14.3. The fraction of sp³-hybridized carbons (Fsp3) is 0.300. The van der Waals surface area contributed by atoms with E-state index in [-0.39, 0.29) is 12.8 Å². The summed E-state index contributed by atoms with van der Waals surface area (Å²) in [7, 11) is 0. The number of aromatic amines is 2. The van der Waals surface area contributed by atoms with E-state index in [1.165, 1.54) is 13.3 Å². The van der Waals surface area contributed by atoms with Crippen LogP contribution in [0, 0.1) is 0 Å². The minimum atomic E-state index is -1.16. The molecule has 1 aromatic carbocycles. The van der Waals surface area contributed by atoms with E-state index in [0.717, 1.165) is 16.5 Å². The van der Waals surface area contributed by atoms with Gasteiger partial charge in [-0.1, -0.05) is 18.2 Å². The average molecular weight is 412 g/mol. The third-order valence-corrected chi connectivity index (χ3v) is 4.80. The number of carbonyl (C=O) groups excluding carboxylic acids is 2. The standard InChI is InChI=1S/C20H24N6O4/c1-11(25-19(28)15(21)7-13-9-22-10-24-13)18(27)26-17(20(29)30)6-12-8-23-16-5-3-2-4-14(12)16/h2-5,8-11,15,17,23H,6-7,21H2,1H3,(H,22,24)(H,25,28)(H,26,27)(H,29,30). The number of fused-ring (bicyclic) bond motifs is 1. The van der Waals surface area contributed by atoms with Gasteiger partial charge in [-0.3, -0.25) is 9.59 Å². The van der Waals surface area contributed by atoms with E-state index in [4.69, 9.17) is 5.73 Å². The van der Waals surface area contributed by atoms with Crippen LogP contribution in [0.15, 0.2) is 43.0 Å². The van der Waals surface area contributed by atoms with Gasteiger partial charge in [-0.15, -0.1) is 0 Å². The first-order valence-electron chi connectivity index (χ1n) is 9.46. The molecule has 0 saturated carbocycles. The number of carboxylic acid groups (broad SMARTS) is 1. The number of carbonyl (C=O) groups is 3. The fourth-order valence-corrected chi connectivity index (χ4v) is 3.13. The van der Waals surface area contributed by atoms with Gasteiger partial charge in [0, 0.05) is 41.8 Å². The van der Waals surface area contributed by atoms with Gasteiger partial charge in [0.2, 0.25) is 11.8 Å². The summed E-state index contributed by atoms with van der Waals surface area (Å²) in [6.07, 6.45) is 5.11. The Bertz CT molecular complexity index is 1030. The van der Waals surface area contributed by atoms with Gasteiger partial charge in [-0.2, -0.15) is 0 Å². The van der Waals surface area contributed by atoms with Crippen molar-refractivity contribution < 1.29 is 19.5 Å². The van der Waals surface area contributed by atoms with E-state index in [2.05, 4.69) is 25.6 Å². The first-order valence-corrected chi connectivity index (χ1v) is 9.46. The summed E-state index contributed by atoms with van der Waals surface area (Å²) in [6, 6.07) is 4.54. The molecule has 0 saturated heterocycles. The van der Waals surface area contributed by atoms with Crippen LogP contribution in [0.4, 0.5) is 0 Å². The van der Waals surface area contributed by atoms with Gasteiger partial charge in [0.15, 0.2) is 0 Å². The number of aromatic nitrogens is 3. The van der Waals surface area contributed by atoms with Crippen molar-refractivity contribution in [3.05, 3.63) is 54.2 Å². The van der Waals surface area contributed by atoms with E-state index in [9.17, 15) is 19.5 Å². The molecule has 7 N–H and O–H groups in total. The van der Waals surface area contributed by atoms with E-state index in [1.807, 2.05) is 24.3 Å². The fourth-order valence-electron chi connectivity index (χ4n) is 3.13. The molecule has 0 fully saturated rings. The number of benzene rings is 1. The minimum absolute atomic E-state index is 0.102. The molecule has 158 valence electrons. The smallest absolute Gasteiger partial charge is 0.326 e. The maximum Gasteiger partial charge on any atom is 0.326 e. The number of nitrogens with one attached hydrogen (secondary N) is 4. The Balaban J connectivity index is 1.58. The number of carboxylic acids is 1. The summed E-state index contributed by atoms with van der Waals surface area (Å²) in [5.41, 5.74) is 8.21. The molecule has 3 unspecified atom stereocenters. The second-order valence-corrected chi connectivity index (χ2v) is 7.08. The monoisotopic (exact) mass is 412 g/mol. The van der Waals surface area contributed by atoms with Gasteiger partial charge < -0.3 is 31.4 Å². The third kappa shape index (κ3) is 5.03. The second-order valence-electron chi connectivity index (χ2n) is 7.08. The quantitative estimate of drug-likeness (QED) is 0.291. The number of H-pyrrole nitrogens is 2. The van der Waals surface area contributed by atoms with Crippen LogP contribution in [-0.2, 0) is 27.2 Å². The zero-order valence-corrected chi connectivity index (χ0v) is 16.4. The number of aliphatic carboxylic acids is 1. The molecule has 0 bridgehead atoms. The predicted octanol–water partition coefficient (Wildman–Crippen LogP) is 0.0776. The molecule has 3 rings (SSSR count). The van der Waals surface area contributed by atoms with E-state index in [1.54, 1.807) is 12.4 Å². The van der Waals surface area contributed by atoms with Crippen LogP contribution >= 0.6 is 0 Å². The van der Waals surface area contributed by atoms with Gasteiger partial charge in [-0.05, 0) is 18.6 Å². The van der Waals surface area contributed by atoms with Crippen LogP contribution in [-0.4, -0.2) is 56.0 Å². The molecule has 2 aromatic heterocycles. The Labute approximate surface area is 172 Å². The zero-order valence-electron chi connectivity index (χ0n) is 16.4. The summed E-state index contributed by atoms with van der Waals surface area (Å²) in [4.78, 5) is 46.2. The number of para-hydroxylation sites is 1. The lowest BCUT2D eigenvalue weighted by atomic mass is 10.0. The molecule has 0 spiro atoms. The van der Waals surface area contributed by atoms with Crippen LogP contribution in [0.25, 0.3) is 10.9 Å². The Morgan fingerprint density at radius 3 is 2.60 bits per heavy atom. The molecule has 2 heterocycles. The molecule has 2 amide bonds. The molecule has 0 aliphatic heterocycles. The summed E-state index contributed by atoms with van der Waals surface area (Å²) in [6.45, 7) is 1.47. The number of nitrogens with zero attached hydrogens (tertiary/aromatic N) is 1. The SMILES string of the molecule is CC(NC(=O)C(N)Cc1cnc[nH]1)C(=O)NC(Cc1c[nH]c2ccccc12)C(=O)O. The molecule has 3 aromatic rings. The largest absolute Gasteiger partial charge is 0.480 e. The summed E-state index contributed by atoms with van der Waals surface area (Å²) in [5, 5.41) is 15.4. The number of hydrogen-bond acceptors (Lipinski definition) is 5. The topological polar surface area (TPSA) is 166 Å². The van der Waals surface area contributed by atoms with Gasteiger partial charge >= 0.3 is 5.97 Å². The van der Waals surface area contributed by atoms with E-state index >= 15 is 0 Å². The predicted molar refractivity (Wildman–Crippen MR) is 109 cm³/mol. The highest BCUT2D eigenvalue weighted by atomic mass is 16.4. The molecule has 10 nitrogen and oxygen atoms in total. The molecule has 10 heteroatoms. The van der Waals surface area contributed by atoms with Crippen molar-refractivity contribution >= 4 is 28.7 Å². The van der Waals surface area contributed by atoms with Crippen LogP contribution in [0.2, 0.25) is 0 Å². The van der Waals surface area contributed by atoms with Crippen LogP contribution < -0.4 is 16.4 Å². The first kappa shape index (κ1) is 21.1. The Hall–Kier alpha value is -3.66. The van der Waals surface area contributed by atoms with Crippen molar-refractivity contribution in [2.24, 2.45) is 5.73 Å². The number of nitrogens with two attached hydrogens (primary N) is 1. The third-order valence-electron chi connectivity index (χ3n) is 4.80. The van der Waals surface area contributed by atoms with Crippen molar-refractivity contribution in [3.8, 4) is 0 Å². The highest BCUT2D eigenvalue weighted by Crippen LogP contribution is 2.19. The number of rotatable bonds is 9. The molecular weight excluding hydrogens is 388 g/mol. The lowest BCUT2D eigenvalue weighted by Crippen LogP contribution is -2.54. The molecule has 30 heavy (non-hydrogen) atoms. The normalized spacial score (nSPS) is 14.1. The van der Waals surface area contributed by atoms with Crippen molar-refractivity contribution in [1.82, 2.24) is 25.6 Å². The summed E-state index contributed by atoms with van der Waals surface area (Å²) >= 11 is 0. The Kier molecular flexibility index (Phi) is 6.48. The zero-order chi connectivity index (χ0) is 21.7. The van der Waals surface area contributed by atoms with Crippen molar-refractivity contribution in [2.75, 3.05) is 0 Å². The van der Waals surface area contributed by atoms with Crippen molar-refractivity contribution in [1.29, 1.82) is 0 Å². The highest BCUT2D eigenvalue weighted by Gasteiger charge is 2.26. The van der Waals surface area contributed by atoms with Gasteiger partial charge in [-0.25, -0.2) is 9.78 Å². The van der Waals surface area contributed by atoms with Crippen molar-refractivity contribution in [3.63, 3.8) is 0 Å². The number of imidazole rings is 1. The molecule has 3 atom stereocenters. The Morgan fingerprint density at radius 2 is 1.90 bits per heavy atom. The summed E-state index contributed by atoms with van der Waals surface area (Å²) < 4.78 is 0. The van der Waals surface area contributed by atoms with E-state index < -0.39 is 35.9 Å². The average Bonchev–Trinajstić information content (AvgIpc) is 3.37. The van der Waals surface area contributed by atoms with Crippen LogP contribution in [0.3, 0.4) is 0 Å². The summed E-state index contributed by atoms with van der Waals surface area (Å²) in [5.74, 6) is -2.29. The lowest BCUT2D eigenvalue weighted by molar-refractivity contribution is -0.142.